The third-order valence-electron chi connectivity index (χ3n) is 6.18. The van der Waals surface area contributed by atoms with Gasteiger partial charge in [-0.05, 0) is 61.2 Å². The van der Waals surface area contributed by atoms with Crippen LogP contribution in [0.4, 0.5) is 0 Å². The summed E-state index contributed by atoms with van der Waals surface area (Å²) in [5.41, 5.74) is 3.10. The van der Waals surface area contributed by atoms with E-state index in [1.807, 2.05) is 73.7 Å². The van der Waals surface area contributed by atoms with E-state index in [4.69, 9.17) is 9.47 Å². The van der Waals surface area contributed by atoms with Crippen molar-refractivity contribution in [3.8, 4) is 11.5 Å². The fourth-order valence-corrected chi connectivity index (χ4v) is 5.09. The Balaban J connectivity index is 1.72. The molecule has 3 aromatic carbocycles. The van der Waals surface area contributed by atoms with Crippen molar-refractivity contribution in [2.45, 2.75) is 44.9 Å². The highest BCUT2D eigenvalue weighted by atomic mass is 79.9. The summed E-state index contributed by atoms with van der Waals surface area (Å²) in [6, 6.07) is 23.3. The number of carboxylic acid groups (broad SMARTS) is 1. The van der Waals surface area contributed by atoms with Gasteiger partial charge in [-0.2, -0.15) is 0 Å². The number of hydrogen-bond donors (Lipinski definition) is 1. The summed E-state index contributed by atoms with van der Waals surface area (Å²) in [5, 5.41) is 9.98. The van der Waals surface area contributed by atoms with Crippen molar-refractivity contribution in [2.75, 3.05) is 13.2 Å². The minimum atomic E-state index is -0.774. The van der Waals surface area contributed by atoms with Crippen LogP contribution in [0.15, 0.2) is 77.3 Å². The Labute approximate surface area is 209 Å². The summed E-state index contributed by atoms with van der Waals surface area (Å²) >= 11 is 3.70. The minimum absolute atomic E-state index is 0.223. The number of nitrogens with zero attached hydrogens (tertiary/aromatic N) is 1. The van der Waals surface area contributed by atoms with E-state index in [1.54, 1.807) is 0 Å². The summed E-state index contributed by atoms with van der Waals surface area (Å²) in [4.78, 5) is 14.3. The van der Waals surface area contributed by atoms with E-state index in [-0.39, 0.29) is 6.04 Å². The van der Waals surface area contributed by atoms with Crippen LogP contribution in [-0.2, 0) is 11.4 Å². The molecule has 0 aliphatic carbocycles. The largest absolute Gasteiger partial charge is 0.490 e. The highest BCUT2D eigenvalue weighted by molar-refractivity contribution is 9.10. The van der Waals surface area contributed by atoms with Crippen LogP contribution in [0.2, 0.25) is 0 Å². The van der Waals surface area contributed by atoms with Gasteiger partial charge in [0.15, 0.2) is 11.5 Å². The van der Waals surface area contributed by atoms with E-state index in [2.05, 4.69) is 26.9 Å². The summed E-state index contributed by atoms with van der Waals surface area (Å²) in [7, 11) is 0. The molecule has 1 fully saturated rings. The molecule has 178 valence electrons. The maximum absolute atomic E-state index is 12.2. The molecule has 1 heterocycles. The number of ether oxygens (including phenoxy) is 2. The third kappa shape index (κ3) is 5.62. The first-order chi connectivity index (χ1) is 16.6. The second kappa shape index (κ2) is 11.5. The molecule has 2 unspecified atom stereocenters. The monoisotopic (exact) mass is 523 g/mol. The Bertz CT molecular complexity index is 1100. The van der Waals surface area contributed by atoms with Crippen molar-refractivity contribution in [1.82, 2.24) is 4.90 Å². The number of hydrogen-bond acceptors (Lipinski definition) is 4. The summed E-state index contributed by atoms with van der Waals surface area (Å²) in [5.74, 6) is 0.565. The maximum atomic E-state index is 12.2. The highest BCUT2D eigenvalue weighted by Crippen LogP contribution is 2.40. The molecular weight excluding hydrogens is 494 g/mol. The zero-order valence-electron chi connectivity index (χ0n) is 19.3. The molecule has 34 heavy (non-hydrogen) atoms. The normalized spacial score (nSPS) is 17.2. The van der Waals surface area contributed by atoms with Gasteiger partial charge in [-0.1, -0.05) is 76.9 Å². The van der Waals surface area contributed by atoms with Gasteiger partial charge in [0, 0.05) is 4.47 Å². The van der Waals surface area contributed by atoms with E-state index in [0.717, 1.165) is 40.5 Å². The first-order valence-electron chi connectivity index (χ1n) is 11.7. The molecule has 0 saturated carbocycles. The number of halogens is 1. The molecule has 4 rings (SSSR count). The van der Waals surface area contributed by atoms with Crippen molar-refractivity contribution < 1.29 is 19.4 Å². The summed E-state index contributed by atoms with van der Waals surface area (Å²) in [6.45, 7) is 3.62. The molecule has 0 aromatic heterocycles. The Morgan fingerprint density at radius 3 is 2.53 bits per heavy atom. The molecule has 0 radical (unpaired) electrons. The van der Waals surface area contributed by atoms with Gasteiger partial charge >= 0.3 is 5.97 Å². The van der Waals surface area contributed by atoms with Gasteiger partial charge < -0.3 is 14.6 Å². The van der Waals surface area contributed by atoms with Crippen LogP contribution in [0.1, 0.15) is 48.9 Å². The second-order valence-electron chi connectivity index (χ2n) is 8.43. The van der Waals surface area contributed by atoms with Crippen LogP contribution in [0.3, 0.4) is 0 Å². The molecule has 1 saturated heterocycles. The smallest absolute Gasteiger partial charge is 0.320 e. The fraction of sp³-hybridized carbons (Fsp3) is 0.321. The zero-order chi connectivity index (χ0) is 23.9. The lowest BCUT2D eigenvalue weighted by molar-refractivity contribution is -0.145. The molecule has 0 bridgehead atoms. The number of aliphatic carboxylic acids is 1. The van der Waals surface area contributed by atoms with Gasteiger partial charge in [0.2, 0.25) is 0 Å². The second-order valence-corrected chi connectivity index (χ2v) is 9.28. The lowest BCUT2D eigenvalue weighted by atomic mass is 9.91. The van der Waals surface area contributed by atoms with Gasteiger partial charge in [0.25, 0.3) is 0 Å². The topological polar surface area (TPSA) is 59.0 Å². The Morgan fingerprint density at radius 1 is 1.03 bits per heavy atom. The van der Waals surface area contributed by atoms with Gasteiger partial charge in [0.1, 0.15) is 12.6 Å². The van der Waals surface area contributed by atoms with E-state index in [1.165, 1.54) is 0 Å². The predicted molar refractivity (Wildman–Crippen MR) is 136 cm³/mol. The van der Waals surface area contributed by atoms with Gasteiger partial charge in [-0.3, -0.25) is 9.69 Å². The quantitative estimate of drug-likeness (QED) is 0.349. The molecule has 1 aliphatic rings. The van der Waals surface area contributed by atoms with Crippen molar-refractivity contribution in [3.63, 3.8) is 0 Å². The zero-order valence-corrected chi connectivity index (χ0v) is 20.9. The number of carbonyl (C=O) groups is 1. The number of likely N-dealkylation sites (tertiary alicyclic amines) is 1. The summed E-state index contributed by atoms with van der Waals surface area (Å²) in [6.07, 6.45) is 2.54. The average molecular weight is 524 g/mol. The van der Waals surface area contributed by atoms with Gasteiger partial charge in [0.05, 0.1) is 12.6 Å². The van der Waals surface area contributed by atoms with Crippen molar-refractivity contribution in [2.24, 2.45) is 0 Å². The van der Waals surface area contributed by atoms with E-state index in [0.29, 0.717) is 31.1 Å². The fourth-order valence-electron chi connectivity index (χ4n) is 4.59. The van der Waals surface area contributed by atoms with Crippen LogP contribution in [0.25, 0.3) is 0 Å². The standard InChI is InChI=1S/C28H30BrNO4/c1-2-33-26-18-21(15-16-25(26)34-19-20-10-4-3-5-11-20)27(22-12-6-7-13-23(22)29)30-17-9-8-14-24(30)28(31)32/h3-7,10-13,15-16,18,24,27H,2,8-9,14,17,19H2,1H3,(H,31,32). The molecule has 3 aromatic rings. The summed E-state index contributed by atoms with van der Waals surface area (Å²) < 4.78 is 13.0. The van der Waals surface area contributed by atoms with Gasteiger partial charge in [-0.25, -0.2) is 0 Å². The van der Waals surface area contributed by atoms with Crippen LogP contribution in [0.5, 0.6) is 11.5 Å². The highest BCUT2D eigenvalue weighted by Gasteiger charge is 2.36. The van der Waals surface area contributed by atoms with Gasteiger partial charge in [-0.15, -0.1) is 0 Å². The molecular formula is C28H30BrNO4. The molecule has 2 atom stereocenters. The maximum Gasteiger partial charge on any atom is 0.320 e. The Kier molecular flexibility index (Phi) is 8.25. The minimum Gasteiger partial charge on any atom is -0.490 e. The SMILES string of the molecule is CCOc1cc(C(c2ccccc2Br)N2CCCCC2C(=O)O)ccc1OCc1ccccc1. The lowest BCUT2D eigenvalue weighted by Crippen LogP contribution is -2.46. The van der Waals surface area contributed by atoms with E-state index in [9.17, 15) is 9.90 Å². The molecule has 1 aliphatic heterocycles. The molecule has 1 N–H and O–H groups in total. The van der Waals surface area contributed by atoms with E-state index >= 15 is 0 Å². The predicted octanol–water partition coefficient (Wildman–Crippen LogP) is 6.46. The Morgan fingerprint density at radius 2 is 1.79 bits per heavy atom. The lowest BCUT2D eigenvalue weighted by Gasteiger charge is -2.40. The van der Waals surface area contributed by atoms with Crippen LogP contribution in [-0.4, -0.2) is 35.2 Å². The first-order valence-corrected chi connectivity index (χ1v) is 12.5. The molecule has 0 spiro atoms. The van der Waals surface area contributed by atoms with Crippen LogP contribution < -0.4 is 9.47 Å². The first kappa shape index (κ1) is 24.3. The average Bonchev–Trinajstić information content (AvgIpc) is 2.86. The van der Waals surface area contributed by atoms with Crippen LogP contribution >= 0.6 is 15.9 Å². The van der Waals surface area contributed by atoms with Crippen LogP contribution in [0, 0.1) is 0 Å². The Hall–Kier alpha value is -2.83. The van der Waals surface area contributed by atoms with Crippen molar-refractivity contribution in [1.29, 1.82) is 0 Å². The van der Waals surface area contributed by atoms with E-state index < -0.39 is 12.0 Å². The molecule has 5 nitrogen and oxygen atoms in total. The van der Waals surface area contributed by atoms with Crippen molar-refractivity contribution >= 4 is 21.9 Å². The number of rotatable bonds is 9. The third-order valence-corrected chi connectivity index (χ3v) is 6.90. The molecule has 6 heteroatoms. The number of benzene rings is 3. The molecule has 0 amide bonds. The van der Waals surface area contributed by atoms with Crippen molar-refractivity contribution in [3.05, 3.63) is 94.0 Å². The number of piperidine rings is 1. The number of carboxylic acids is 1.